The van der Waals surface area contributed by atoms with Gasteiger partial charge in [-0.25, -0.2) is 0 Å². The van der Waals surface area contributed by atoms with Crippen LogP contribution in [0, 0.1) is 5.92 Å². The summed E-state index contributed by atoms with van der Waals surface area (Å²) in [6.07, 6.45) is 17.0. The van der Waals surface area contributed by atoms with E-state index < -0.39 is 0 Å². The lowest BCUT2D eigenvalue weighted by molar-refractivity contribution is 0.737. The van der Waals surface area contributed by atoms with Gasteiger partial charge in [0.25, 0.3) is 0 Å². The largest absolute Gasteiger partial charge is 0.0990 e. The van der Waals surface area contributed by atoms with Gasteiger partial charge in [0.2, 0.25) is 0 Å². The van der Waals surface area contributed by atoms with Crippen LogP contribution in [-0.2, 0) is 0 Å². The van der Waals surface area contributed by atoms with Crippen LogP contribution < -0.4 is 0 Å². The van der Waals surface area contributed by atoms with Crippen LogP contribution in [0.2, 0.25) is 0 Å². The van der Waals surface area contributed by atoms with E-state index in [2.05, 4.69) is 251 Å². The van der Waals surface area contributed by atoms with Crippen molar-refractivity contribution in [2.75, 3.05) is 0 Å². The number of benzene rings is 5. The van der Waals surface area contributed by atoms with Crippen molar-refractivity contribution >= 4 is 33.4 Å². The third kappa shape index (κ3) is 14.0. The topological polar surface area (TPSA) is 0 Å². The minimum Gasteiger partial charge on any atom is -0.0990 e. The highest BCUT2D eigenvalue weighted by Crippen LogP contribution is 2.44. The molecule has 0 spiro atoms. The van der Waals surface area contributed by atoms with Crippen molar-refractivity contribution in [2.24, 2.45) is 5.92 Å². The van der Waals surface area contributed by atoms with Crippen LogP contribution in [0.15, 0.2) is 229 Å². The zero-order valence-electron chi connectivity index (χ0n) is 39.8. The summed E-state index contributed by atoms with van der Waals surface area (Å²) >= 11 is 0. The van der Waals surface area contributed by atoms with Crippen molar-refractivity contribution in [1.29, 1.82) is 0 Å². The summed E-state index contributed by atoms with van der Waals surface area (Å²) in [7, 11) is 0. The SMILES string of the molecule is C=C/C=C(C=C)/C(C)=C(/C(=C(\C)c1ccccc1)c1ccccc1)c1ccc(C(=C(/C)C2=CCCC=C2)/C(=C(\C)c2ccccc2)c2ccccc2)cc1.CC(C)C.CC=C(C)C. The predicted molar refractivity (Wildman–Crippen MR) is 283 cm³/mol. The lowest BCUT2D eigenvalue weighted by Crippen LogP contribution is -2.02. The fourth-order valence-corrected chi connectivity index (χ4v) is 7.52. The second-order valence-corrected chi connectivity index (χ2v) is 16.8. The highest BCUT2D eigenvalue weighted by atomic mass is 14.3. The van der Waals surface area contributed by atoms with Gasteiger partial charge in [0.05, 0.1) is 0 Å². The summed E-state index contributed by atoms with van der Waals surface area (Å²) in [5.41, 5.74) is 20.5. The standard InChI is InChI=1S/C54H50.C5H10.C4H10/c1-7-24-43(8-2)39(3)51(52(47-31-20-12-21-32-47)40(4)44-25-14-9-15-26-44)49-35-37-50(38-36-49)54(42(6)46-29-18-11-19-30-46)53(48-33-22-13-23-34-48)41(5)45-27-16-10-17-28-45;1-4-5(2)3;1-4(2)3/h7-10,12-18,20-38H,1-2,11,19H2,3-6H3;4H,1-3H3;4H,1-3H3/b43-24+,51-39+,52-40+,53-41+,54-42+;;. The van der Waals surface area contributed by atoms with Crippen molar-refractivity contribution in [3.8, 4) is 0 Å². The summed E-state index contributed by atoms with van der Waals surface area (Å²) in [6.45, 7) is 30.0. The molecule has 0 radical (unpaired) electrons. The molecule has 0 saturated heterocycles. The highest BCUT2D eigenvalue weighted by molar-refractivity contribution is 6.18. The van der Waals surface area contributed by atoms with Crippen LogP contribution in [0.5, 0.6) is 0 Å². The zero-order chi connectivity index (χ0) is 45.7. The Labute approximate surface area is 382 Å². The highest BCUT2D eigenvalue weighted by Gasteiger charge is 2.22. The molecule has 1 aliphatic carbocycles. The normalized spacial score (nSPS) is 13.9. The smallest absolute Gasteiger partial charge is 0.00673 e. The van der Waals surface area contributed by atoms with Gasteiger partial charge in [-0.2, -0.15) is 0 Å². The third-order valence-corrected chi connectivity index (χ3v) is 11.0. The molecule has 0 N–H and O–H groups in total. The molecule has 0 fully saturated rings. The van der Waals surface area contributed by atoms with E-state index >= 15 is 0 Å². The van der Waals surface area contributed by atoms with E-state index in [0.717, 1.165) is 35.5 Å². The molecule has 1 aliphatic rings. The van der Waals surface area contributed by atoms with Gasteiger partial charge in [0.15, 0.2) is 0 Å². The van der Waals surface area contributed by atoms with Gasteiger partial charge >= 0.3 is 0 Å². The monoisotopic (exact) mass is 827 g/mol. The van der Waals surface area contributed by atoms with Crippen LogP contribution in [0.1, 0.15) is 115 Å². The van der Waals surface area contributed by atoms with E-state index in [1.54, 1.807) is 0 Å². The first-order chi connectivity index (χ1) is 30.4. The molecule has 0 amide bonds. The van der Waals surface area contributed by atoms with E-state index in [1.807, 2.05) is 19.1 Å². The molecule has 6 rings (SSSR count). The van der Waals surface area contributed by atoms with Gasteiger partial charge < -0.3 is 0 Å². The number of hydrogen-bond acceptors (Lipinski definition) is 0. The summed E-state index contributed by atoms with van der Waals surface area (Å²) < 4.78 is 0. The Balaban J connectivity index is 0.000000881. The summed E-state index contributed by atoms with van der Waals surface area (Å²) in [5, 5.41) is 0. The first-order valence-corrected chi connectivity index (χ1v) is 22.5. The van der Waals surface area contributed by atoms with Crippen molar-refractivity contribution < 1.29 is 0 Å². The molecule has 0 heteroatoms. The Hall–Kier alpha value is -6.50. The number of hydrogen-bond donors (Lipinski definition) is 0. The van der Waals surface area contributed by atoms with Crippen molar-refractivity contribution in [2.45, 2.75) is 82.1 Å². The van der Waals surface area contributed by atoms with E-state index in [-0.39, 0.29) is 0 Å². The summed E-state index contributed by atoms with van der Waals surface area (Å²) in [5.74, 6) is 0.833. The molecule has 0 nitrogen and oxygen atoms in total. The van der Waals surface area contributed by atoms with Crippen LogP contribution in [-0.4, -0.2) is 0 Å². The molecule has 0 aromatic heterocycles. The lowest BCUT2D eigenvalue weighted by atomic mass is 9.80. The summed E-state index contributed by atoms with van der Waals surface area (Å²) in [6, 6.07) is 52.4. The Morgan fingerprint density at radius 1 is 0.476 bits per heavy atom. The Morgan fingerprint density at radius 3 is 1.17 bits per heavy atom. The average Bonchev–Trinajstić information content (AvgIpc) is 3.32. The Kier molecular flexibility index (Phi) is 19.8. The fraction of sp³-hybridized carbons (Fsp3) is 0.206. The van der Waals surface area contributed by atoms with Gasteiger partial charge in [0.1, 0.15) is 0 Å². The van der Waals surface area contributed by atoms with Crippen LogP contribution in [0.3, 0.4) is 0 Å². The van der Waals surface area contributed by atoms with Crippen molar-refractivity contribution in [1.82, 2.24) is 0 Å². The second-order valence-electron chi connectivity index (χ2n) is 16.8. The average molecular weight is 827 g/mol. The molecule has 5 aromatic rings. The van der Waals surface area contributed by atoms with E-state index in [9.17, 15) is 0 Å². The van der Waals surface area contributed by atoms with E-state index in [0.29, 0.717) is 0 Å². The van der Waals surface area contributed by atoms with E-state index in [1.165, 1.54) is 78.0 Å². The van der Waals surface area contributed by atoms with Gasteiger partial charge in [-0.3, -0.25) is 0 Å². The molecule has 0 aliphatic heterocycles. The minimum absolute atomic E-state index is 0.833. The molecule has 0 bridgehead atoms. The molecular formula is C63H70. The van der Waals surface area contributed by atoms with Gasteiger partial charge in [-0.1, -0.05) is 228 Å². The third-order valence-electron chi connectivity index (χ3n) is 11.0. The first kappa shape index (κ1) is 49.2. The quantitative estimate of drug-likeness (QED) is 0.0668. The first-order valence-electron chi connectivity index (χ1n) is 22.5. The van der Waals surface area contributed by atoms with Gasteiger partial charge in [0, 0.05) is 0 Å². The maximum Gasteiger partial charge on any atom is -0.00673 e. The predicted octanol–water partition coefficient (Wildman–Crippen LogP) is 18.7. The molecular weight excluding hydrogens is 757 g/mol. The Morgan fingerprint density at radius 2 is 0.825 bits per heavy atom. The van der Waals surface area contributed by atoms with Gasteiger partial charge in [-0.05, 0) is 156 Å². The molecule has 0 saturated carbocycles. The zero-order valence-corrected chi connectivity index (χ0v) is 39.8. The van der Waals surface area contributed by atoms with Crippen LogP contribution >= 0.6 is 0 Å². The maximum atomic E-state index is 4.21. The molecule has 5 aromatic carbocycles. The molecule has 0 heterocycles. The fourth-order valence-electron chi connectivity index (χ4n) is 7.52. The van der Waals surface area contributed by atoms with Crippen LogP contribution in [0.25, 0.3) is 33.4 Å². The molecule has 0 atom stereocenters. The minimum atomic E-state index is 0.833. The van der Waals surface area contributed by atoms with E-state index in [4.69, 9.17) is 0 Å². The number of allylic oxidation sites excluding steroid dienone is 18. The molecule has 63 heavy (non-hydrogen) atoms. The van der Waals surface area contributed by atoms with Crippen molar-refractivity contribution in [3.05, 3.63) is 263 Å². The summed E-state index contributed by atoms with van der Waals surface area (Å²) in [4.78, 5) is 0. The Bertz CT molecular complexity index is 2500. The second kappa shape index (κ2) is 25.4. The van der Waals surface area contributed by atoms with Gasteiger partial charge in [-0.15, -0.1) is 0 Å². The molecule has 322 valence electrons. The maximum absolute atomic E-state index is 4.21. The van der Waals surface area contributed by atoms with Crippen LogP contribution in [0.4, 0.5) is 0 Å². The van der Waals surface area contributed by atoms with Crippen molar-refractivity contribution in [3.63, 3.8) is 0 Å². The number of rotatable bonds is 12. The lowest BCUT2D eigenvalue weighted by Gasteiger charge is -2.24. The molecule has 0 unspecified atom stereocenters.